The smallest absolute Gasteiger partial charge is 0.150 e. The van der Waals surface area contributed by atoms with Gasteiger partial charge in [-0.3, -0.25) is 4.79 Å². The van der Waals surface area contributed by atoms with Crippen LogP contribution in [0.15, 0.2) is 36.4 Å². The second-order valence-corrected chi connectivity index (χ2v) is 4.67. The SMILES string of the molecule is Cc1ccc(C=O)cc1-c1ccc2c(c1)COC2. The number of rotatable bonds is 2. The van der Waals surface area contributed by atoms with Gasteiger partial charge in [0.25, 0.3) is 0 Å². The molecule has 0 atom stereocenters. The summed E-state index contributed by atoms with van der Waals surface area (Å²) >= 11 is 0. The van der Waals surface area contributed by atoms with Crippen molar-refractivity contribution in [1.82, 2.24) is 0 Å². The molecule has 0 radical (unpaired) electrons. The van der Waals surface area contributed by atoms with E-state index in [0.717, 1.165) is 17.4 Å². The number of hydrogen-bond acceptors (Lipinski definition) is 2. The lowest BCUT2D eigenvalue weighted by atomic mass is 9.96. The van der Waals surface area contributed by atoms with Crippen LogP contribution in [0.3, 0.4) is 0 Å². The summed E-state index contributed by atoms with van der Waals surface area (Å²) in [4.78, 5) is 10.9. The van der Waals surface area contributed by atoms with E-state index in [2.05, 4.69) is 25.1 Å². The van der Waals surface area contributed by atoms with Gasteiger partial charge in [-0.25, -0.2) is 0 Å². The van der Waals surface area contributed by atoms with E-state index in [4.69, 9.17) is 4.74 Å². The fraction of sp³-hybridized carbons (Fsp3) is 0.188. The Bertz CT molecular complexity index is 614. The molecule has 0 aliphatic carbocycles. The van der Waals surface area contributed by atoms with Crippen LogP contribution in [0.2, 0.25) is 0 Å². The van der Waals surface area contributed by atoms with Crippen molar-refractivity contribution >= 4 is 6.29 Å². The van der Waals surface area contributed by atoms with E-state index in [1.165, 1.54) is 16.7 Å². The molecule has 0 saturated heterocycles. The Labute approximate surface area is 106 Å². The third-order valence-electron chi connectivity index (χ3n) is 3.43. The van der Waals surface area contributed by atoms with Crippen molar-refractivity contribution < 1.29 is 9.53 Å². The molecule has 1 aliphatic heterocycles. The van der Waals surface area contributed by atoms with Gasteiger partial charge in [-0.05, 0) is 46.9 Å². The number of benzene rings is 2. The molecular weight excluding hydrogens is 224 g/mol. The molecule has 0 amide bonds. The molecule has 90 valence electrons. The fourth-order valence-corrected chi connectivity index (χ4v) is 2.36. The first kappa shape index (κ1) is 11.2. The molecule has 2 aromatic rings. The zero-order valence-electron chi connectivity index (χ0n) is 10.3. The molecule has 0 unspecified atom stereocenters. The Kier molecular flexibility index (Phi) is 2.73. The maximum Gasteiger partial charge on any atom is 0.150 e. The van der Waals surface area contributed by atoms with E-state index in [9.17, 15) is 4.79 Å². The Morgan fingerprint density at radius 2 is 1.89 bits per heavy atom. The van der Waals surface area contributed by atoms with Crippen LogP contribution in [0.1, 0.15) is 27.0 Å². The number of hydrogen-bond donors (Lipinski definition) is 0. The zero-order chi connectivity index (χ0) is 12.5. The summed E-state index contributed by atoms with van der Waals surface area (Å²) in [6.45, 7) is 3.46. The predicted molar refractivity (Wildman–Crippen MR) is 70.5 cm³/mol. The fourth-order valence-electron chi connectivity index (χ4n) is 2.36. The van der Waals surface area contributed by atoms with Gasteiger partial charge in [0.2, 0.25) is 0 Å². The van der Waals surface area contributed by atoms with Crippen LogP contribution in [-0.4, -0.2) is 6.29 Å². The molecule has 1 heterocycles. The largest absolute Gasteiger partial charge is 0.372 e. The monoisotopic (exact) mass is 238 g/mol. The molecule has 1 aliphatic rings. The van der Waals surface area contributed by atoms with Gasteiger partial charge in [0.15, 0.2) is 0 Å². The lowest BCUT2D eigenvalue weighted by molar-refractivity contribution is 0.112. The van der Waals surface area contributed by atoms with Gasteiger partial charge in [0.05, 0.1) is 13.2 Å². The highest BCUT2D eigenvalue weighted by molar-refractivity contribution is 5.80. The predicted octanol–water partition coefficient (Wildman–Crippen LogP) is 3.50. The Balaban J connectivity index is 2.11. The highest BCUT2D eigenvalue weighted by Crippen LogP contribution is 2.29. The normalized spacial score (nSPS) is 13.4. The number of aryl methyl sites for hydroxylation is 1. The number of ether oxygens (including phenoxy) is 1. The standard InChI is InChI=1S/C16H14O2/c1-11-2-3-12(8-17)6-16(11)13-4-5-14-9-18-10-15(14)7-13/h2-8H,9-10H2,1H3. The van der Waals surface area contributed by atoms with Gasteiger partial charge in [0.1, 0.15) is 6.29 Å². The Hall–Kier alpha value is -1.93. The summed E-state index contributed by atoms with van der Waals surface area (Å²) in [6, 6.07) is 12.2. The van der Waals surface area contributed by atoms with Crippen LogP contribution in [0.4, 0.5) is 0 Å². The maximum absolute atomic E-state index is 10.9. The molecule has 3 rings (SSSR count). The summed E-state index contributed by atoms with van der Waals surface area (Å²) in [6.07, 6.45) is 0.888. The van der Waals surface area contributed by atoms with Crippen molar-refractivity contribution in [1.29, 1.82) is 0 Å². The molecular formula is C16H14O2. The summed E-state index contributed by atoms with van der Waals surface area (Å²) in [5.41, 5.74) is 6.69. The van der Waals surface area contributed by atoms with Crippen LogP contribution in [0.5, 0.6) is 0 Å². The van der Waals surface area contributed by atoms with Gasteiger partial charge >= 0.3 is 0 Å². The van der Waals surface area contributed by atoms with Gasteiger partial charge in [-0.2, -0.15) is 0 Å². The highest BCUT2D eigenvalue weighted by atomic mass is 16.5. The first-order valence-electron chi connectivity index (χ1n) is 6.03. The van der Waals surface area contributed by atoms with E-state index in [0.29, 0.717) is 18.8 Å². The molecule has 2 aromatic carbocycles. The van der Waals surface area contributed by atoms with Gasteiger partial charge < -0.3 is 4.74 Å². The Morgan fingerprint density at radius 1 is 1.06 bits per heavy atom. The molecule has 0 aromatic heterocycles. The molecule has 0 N–H and O–H groups in total. The molecule has 18 heavy (non-hydrogen) atoms. The van der Waals surface area contributed by atoms with Crippen molar-refractivity contribution in [3.05, 3.63) is 58.7 Å². The third kappa shape index (κ3) is 1.85. The zero-order valence-corrected chi connectivity index (χ0v) is 10.3. The average molecular weight is 238 g/mol. The molecule has 0 spiro atoms. The minimum absolute atomic E-state index is 0.690. The first-order valence-corrected chi connectivity index (χ1v) is 6.03. The number of carbonyl (C=O) groups is 1. The van der Waals surface area contributed by atoms with E-state index in [1.54, 1.807) is 0 Å². The summed E-state index contributed by atoms with van der Waals surface area (Å²) in [5, 5.41) is 0. The lowest BCUT2D eigenvalue weighted by Gasteiger charge is -2.08. The minimum atomic E-state index is 0.690. The van der Waals surface area contributed by atoms with Crippen molar-refractivity contribution in [2.24, 2.45) is 0 Å². The first-order chi connectivity index (χ1) is 8.78. The third-order valence-corrected chi connectivity index (χ3v) is 3.43. The van der Waals surface area contributed by atoms with Crippen LogP contribution in [0, 0.1) is 6.92 Å². The van der Waals surface area contributed by atoms with Gasteiger partial charge in [-0.15, -0.1) is 0 Å². The van der Waals surface area contributed by atoms with E-state index < -0.39 is 0 Å². The van der Waals surface area contributed by atoms with Crippen LogP contribution in [-0.2, 0) is 18.0 Å². The summed E-state index contributed by atoms with van der Waals surface area (Å²) in [5.74, 6) is 0. The van der Waals surface area contributed by atoms with Crippen LogP contribution >= 0.6 is 0 Å². The van der Waals surface area contributed by atoms with Gasteiger partial charge in [0, 0.05) is 5.56 Å². The van der Waals surface area contributed by atoms with Crippen molar-refractivity contribution in [2.45, 2.75) is 20.1 Å². The number of fused-ring (bicyclic) bond motifs is 1. The number of carbonyl (C=O) groups excluding carboxylic acids is 1. The summed E-state index contributed by atoms with van der Waals surface area (Å²) < 4.78 is 5.42. The van der Waals surface area contributed by atoms with Crippen molar-refractivity contribution in [3.63, 3.8) is 0 Å². The van der Waals surface area contributed by atoms with Crippen LogP contribution < -0.4 is 0 Å². The minimum Gasteiger partial charge on any atom is -0.372 e. The Morgan fingerprint density at radius 3 is 2.72 bits per heavy atom. The molecule has 0 fully saturated rings. The second-order valence-electron chi connectivity index (χ2n) is 4.67. The summed E-state index contributed by atoms with van der Waals surface area (Å²) in [7, 11) is 0. The molecule has 2 heteroatoms. The topological polar surface area (TPSA) is 26.3 Å². The quantitative estimate of drug-likeness (QED) is 0.748. The number of aldehydes is 1. The van der Waals surface area contributed by atoms with Crippen molar-refractivity contribution in [3.8, 4) is 11.1 Å². The molecule has 2 nitrogen and oxygen atoms in total. The van der Waals surface area contributed by atoms with E-state index in [1.807, 2.05) is 18.2 Å². The molecule has 0 bridgehead atoms. The maximum atomic E-state index is 10.9. The highest BCUT2D eigenvalue weighted by Gasteiger charge is 2.12. The van der Waals surface area contributed by atoms with E-state index >= 15 is 0 Å². The molecule has 0 saturated carbocycles. The van der Waals surface area contributed by atoms with Crippen molar-refractivity contribution in [2.75, 3.05) is 0 Å². The average Bonchev–Trinajstić information content (AvgIpc) is 2.86. The van der Waals surface area contributed by atoms with Crippen LogP contribution in [0.25, 0.3) is 11.1 Å². The van der Waals surface area contributed by atoms with Gasteiger partial charge in [-0.1, -0.05) is 24.3 Å². The second kappa shape index (κ2) is 4.39. The lowest BCUT2D eigenvalue weighted by Crippen LogP contribution is -1.89. The van der Waals surface area contributed by atoms with E-state index in [-0.39, 0.29) is 0 Å².